The number of fused-ring (bicyclic) bond motifs is 1. The third-order valence-electron chi connectivity index (χ3n) is 3.07. The number of rotatable bonds is 3. The van der Waals surface area contributed by atoms with Gasteiger partial charge in [-0.3, -0.25) is 19.3 Å². The zero-order chi connectivity index (χ0) is 15.7. The maximum atomic E-state index is 12.0. The van der Waals surface area contributed by atoms with E-state index in [1.165, 1.54) is 6.08 Å². The fourth-order valence-corrected chi connectivity index (χ4v) is 2.89. The van der Waals surface area contributed by atoms with E-state index in [2.05, 4.69) is 4.98 Å². The number of imide groups is 1. The standard InChI is InChI=1S/C15H10N2O4S/c18-13(19)8-17-14(20)12(22-15(17)21)7-10-6-5-9-3-1-2-4-11(9)16-10/h1-7H,8H2,(H,18,19)/b12-7+. The third kappa shape index (κ3) is 2.71. The number of aliphatic carboxylic acids is 1. The highest BCUT2D eigenvalue weighted by Gasteiger charge is 2.36. The summed E-state index contributed by atoms with van der Waals surface area (Å²) in [6.07, 6.45) is 1.50. The number of hydrogen-bond acceptors (Lipinski definition) is 5. The van der Waals surface area contributed by atoms with E-state index in [0.29, 0.717) is 10.6 Å². The smallest absolute Gasteiger partial charge is 0.323 e. The van der Waals surface area contributed by atoms with Crippen molar-refractivity contribution < 1.29 is 19.5 Å². The maximum absolute atomic E-state index is 12.0. The molecule has 0 spiro atoms. The second-order valence-electron chi connectivity index (χ2n) is 4.59. The van der Waals surface area contributed by atoms with Crippen LogP contribution in [0.3, 0.4) is 0 Å². The van der Waals surface area contributed by atoms with Gasteiger partial charge in [0.25, 0.3) is 11.1 Å². The number of benzene rings is 1. The number of pyridine rings is 1. The summed E-state index contributed by atoms with van der Waals surface area (Å²) in [5, 5.41) is 9.10. The molecule has 7 heteroatoms. The molecule has 1 aromatic heterocycles. The van der Waals surface area contributed by atoms with E-state index in [-0.39, 0.29) is 4.91 Å². The third-order valence-corrected chi connectivity index (χ3v) is 3.97. The van der Waals surface area contributed by atoms with Crippen molar-refractivity contribution in [3.8, 4) is 0 Å². The summed E-state index contributed by atoms with van der Waals surface area (Å²) < 4.78 is 0. The van der Waals surface area contributed by atoms with Gasteiger partial charge in [0.05, 0.1) is 16.1 Å². The number of aromatic nitrogens is 1. The van der Waals surface area contributed by atoms with Crippen LogP contribution in [0.4, 0.5) is 4.79 Å². The monoisotopic (exact) mass is 314 g/mol. The second kappa shape index (κ2) is 5.61. The molecule has 2 amide bonds. The number of amides is 2. The van der Waals surface area contributed by atoms with Gasteiger partial charge in [0, 0.05) is 5.39 Å². The van der Waals surface area contributed by atoms with Gasteiger partial charge in [-0.1, -0.05) is 24.3 Å². The van der Waals surface area contributed by atoms with E-state index in [9.17, 15) is 14.4 Å². The highest BCUT2D eigenvalue weighted by Crippen LogP contribution is 2.31. The van der Waals surface area contributed by atoms with Gasteiger partial charge in [-0.25, -0.2) is 4.98 Å². The van der Waals surface area contributed by atoms with Gasteiger partial charge in [0.15, 0.2) is 0 Å². The Morgan fingerprint density at radius 1 is 1.23 bits per heavy atom. The maximum Gasteiger partial charge on any atom is 0.323 e. The Bertz CT molecular complexity index is 831. The number of carboxylic acids is 1. The summed E-state index contributed by atoms with van der Waals surface area (Å²) in [4.78, 5) is 39.7. The van der Waals surface area contributed by atoms with E-state index in [1.807, 2.05) is 30.3 Å². The van der Waals surface area contributed by atoms with Gasteiger partial charge in [-0.2, -0.15) is 0 Å². The van der Waals surface area contributed by atoms with Crippen LogP contribution in [0.15, 0.2) is 41.3 Å². The SMILES string of the molecule is O=C(O)CN1C(=O)S/C(=C/c2ccc3ccccc3n2)C1=O. The Morgan fingerprint density at radius 2 is 2.00 bits per heavy atom. The zero-order valence-electron chi connectivity index (χ0n) is 11.2. The highest BCUT2D eigenvalue weighted by molar-refractivity contribution is 8.18. The summed E-state index contributed by atoms with van der Waals surface area (Å²) in [6.45, 7) is -0.632. The molecule has 2 heterocycles. The molecule has 0 aliphatic carbocycles. The first-order valence-electron chi connectivity index (χ1n) is 6.37. The number of hydrogen-bond donors (Lipinski definition) is 1. The fraction of sp³-hybridized carbons (Fsp3) is 0.0667. The van der Waals surface area contributed by atoms with Crippen LogP contribution in [0.25, 0.3) is 17.0 Å². The summed E-state index contributed by atoms with van der Waals surface area (Å²) in [5.41, 5.74) is 1.32. The van der Waals surface area contributed by atoms with Crippen molar-refractivity contribution in [2.45, 2.75) is 0 Å². The molecule has 1 aliphatic rings. The van der Waals surface area contributed by atoms with Crippen molar-refractivity contribution in [3.05, 3.63) is 47.0 Å². The zero-order valence-corrected chi connectivity index (χ0v) is 12.0. The average molecular weight is 314 g/mol. The lowest BCUT2D eigenvalue weighted by molar-refractivity contribution is -0.140. The van der Waals surface area contributed by atoms with Crippen LogP contribution in [-0.2, 0) is 9.59 Å². The van der Waals surface area contributed by atoms with E-state index < -0.39 is 23.7 Å². The van der Waals surface area contributed by atoms with Gasteiger partial charge in [0.1, 0.15) is 6.54 Å². The lowest BCUT2D eigenvalue weighted by Crippen LogP contribution is -2.33. The van der Waals surface area contributed by atoms with Crippen LogP contribution < -0.4 is 0 Å². The normalized spacial score (nSPS) is 16.7. The largest absolute Gasteiger partial charge is 0.480 e. The molecule has 1 fully saturated rings. The molecule has 1 aliphatic heterocycles. The summed E-state index contributed by atoms with van der Waals surface area (Å²) in [6, 6.07) is 11.2. The molecular formula is C15H10N2O4S. The molecule has 1 aromatic carbocycles. The van der Waals surface area contributed by atoms with Crippen LogP contribution in [0.5, 0.6) is 0 Å². The highest BCUT2D eigenvalue weighted by atomic mass is 32.2. The number of carboxylic acid groups (broad SMARTS) is 1. The molecule has 1 saturated heterocycles. The Kier molecular flexibility index (Phi) is 3.64. The molecule has 0 bridgehead atoms. The average Bonchev–Trinajstić information content (AvgIpc) is 2.74. The molecule has 3 rings (SSSR count). The number of carbonyl (C=O) groups is 3. The van der Waals surface area contributed by atoms with E-state index in [0.717, 1.165) is 22.7 Å². The molecule has 6 nitrogen and oxygen atoms in total. The van der Waals surface area contributed by atoms with Gasteiger partial charge >= 0.3 is 5.97 Å². The minimum absolute atomic E-state index is 0.175. The number of para-hydroxylation sites is 1. The van der Waals surface area contributed by atoms with Crippen molar-refractivity contribution in [2.75, 3.05) is 6.54 Å². The Hall–Kier alpha value is -2.67. The van der Waals surface area contributed by atoms with E-state index in [1.54, 1.807) is 6.07 Å². The number of carbonyl (C=O) groups excluding carboxylic acids is 2. The lowest BCUT2D eigenvalue weighted by Gasteiger charge is -2.07. The molecule has 0 atom stereocenters. The van der Waals surface area contributed by atoms with Gasteiger partial charge in [-0.15, -0.1) is 0 Å². The van der Waals surface area contributed by atoms with Crippen LogP contribution in [0.1, 0.15) is 5.69 Å². The Morgan fingerprint density at radius 3 is 2.77 bits per heavy atom. The molecular weight excluding hydrogens is 304 g/mol. The predicted octanol–water partition coefficient (Wildman–Crippen LogP) is 2.36. The molecule has 1 N–H and O–H groups in total. The van der Waals surface area contributed by atoms with Crippen LogP contribution >= 0.6 is 11.8 Å². The van der Waals surface area contributed by atoms with Crippen molar-refractivity contribution in [3.63, 3.8) is 0 Å². The molecule has 0 radical (unpaired) electrons. The molecule has 22 heavy (non-hydrogen) atoms. The quantitative estimate of drug-likeness (QED) is 0.875. The lowest BCUT2D eigenvalue weighted by atomic mass is 10.2. The summed E-state index contributed by atoms with van der Waals surface area (Å²) in [5.74, 6) is -1.83. The first-order valence-corrected chi connectivity index (χ1v) is 7.19. The van der Waals surface area contributed by atoms with Crippen molar-refractivity contribution in [1.82, 2.24) is 9.88 Å². The van der Waals surface area contributed by atoms with Crippen LogP contribution in [0, 0.1) is 0 Å². The van der Waals surface area contributed by atoms with Crippen LogP contribution in [0.2, 0.25) is 0 Å². The van der Waals surface area contributed by atoms with E-state index in [4.69, 9.17) is 5.11 Å². The fourth-order valence-electron chi connectivity index (χ4n) is 2.07. The van der Waals surface area contributed by atoms with Crippen molar-refractivity contribution >= 4 is 45.9 Å². The number of nitrogens with zero attached hydrogens (tertiary/aromatic N) is 2. The minimum atomic E-state index is -1.23. The summed E-state index contributed by atoms with van der Waals surface area (Å²) in [7, 11) is 0. The first kappa shape index (κ1) is 14.3. The predicted molar refractivity (Wildman–Crippen MR) is 82.1 cm³/mol. The van der Waals surface area contributed by atoms with Gasteiger partial charge in [-0.05, 0) is 30.0 Å². The topological polar surface area (TPSA) is 87.6 Å². The number of thioether (sulfide) groups is 1. The van der Waals surface area contributed by atoms with Crippen LogP contribution in [-0.4, -0.2) is 38.7 Å². The van der Waals surface area contributed by atoms with Gasteiger partial charge < -0.3 is 5.11 Å². The Labute approximate surface area is 129 Å². The van der Waals surface area contributed by atoms with Crippen molar-refractivity contribution in [2.24, 2.45) is 0 Å². The summed E-state index contributed by atoms with van der Waals surface area (Å²) >= 11 is 0.719. The first-order chi connectivity index (χ1) is 10.5. The molecule has 0 unspecified atom stereocenters. The minimum Gasteiger partial charge on any atom is -0.480 e. The Balaban J connectivity index is 1.92. The molecule has 110 valence electrons. The van der Waals surface area contributed by atoms with Gasteiger partial charge in [0.2, 0.25) is 0 Å². The second-order valence-corrected chi connectivity index (χ2v) is 5.58. The van der Waals surface area contributed by atoms with E-state index >= 15 is 0 Å². The molecule has 0 saturated carbocycles. The van der Waals surface area contributed by atoms with Crippen molar-refractivity contribution in [1.29, 1.82) is 0 Å². The molecule has 2 aromatic rings.